The first-order valence-electron chi connectivity index (χ1n) is 13.1. The van der Waals surface area contributed by atoms with E-state index in [-0.39, 0.29) is 11.6 Å². The Kier molecular flexibility index (Phi) is 9.82. The third-order valence-corrected chi connectivity index (χ3v) is 7.66. The second kappa shape index (κ2) is 13.5. The third-order valence-electron chi connectivity index (χ3n) is 6.47. The van der Waals surface area contributed by atoms with Crippen LogP contribution in [-0.2, 0) is 0 Å². The number of anilines is 1. The van der Waals surface area contributed by atoms with Crippen LogP contribution in [0.2, 0.25) is 0 Å². The van der Waals surface area contributed by atoms with Gasteiger partial charge in [-0.1, -0.05) is 68.1 Å². The van der Waals surface area contributed by atoms with Gasteiger partial charge in [-0.3, -0.25) is 0 Å². The highest BCUT2D eigenvalue weighted by molar-refractivity contribution is 8.14. The molecule has 0 aliphatic carbocycles. The lowest BCUT2D eigenvalue weighted by atomic mass is 9.96. The molecule has 2 N–H and O–H groups in total. The van der Waals surface area contributed by atoms with Crippen molar-refractivity contribution in [1.29, 1.82) is 0 Å². The van der Waals surface area contributed by atoms with Crippen molar-refractivity contribution in [2.75, 3.05) is 10.7 Å². The van der Waals surface area contributed by atoms with Crippen molar-refractivity contribution in [2.24, 2.45) is 25.9 Å². The summed E-state index contributed by atoms with van der Waals surface area (Å²) in [6, 6.07) is 21.3. The number of ether oxygens (including phenoxy) is 1. The molecule has 7 nitrogen and oxygen atoms in total. The molecule has 0 aromatic heterocycles. The molecule has 1 heterocycles. The van der Waals surface area contributed by atoms with E-state index in [2.05, 4.69) is 74.9 Å². The summed E-state index contributed by atoms with van der Waals surface area (Å²) in [7, 11) is 0. The highest BCUT2D eigenvalue weighted by Gasteiger charge is 2.31. The summed E-state index contributed by atoms with van der Waals surface area (Å²) in [6.45, 7) is 6.64. The zero-order valence-corrected chi connectivity index (χ0v) is 23.7. The van der Waals surface area contributed by atoms with Gasteiger partial charge in [0.1, 0.15) is 17.9 Å². The summed E-state index contributed by atoms with van der Waals surface area (Å²) in [4.78, 5) is 10.5. The number of rotatable bonds is 9. The highest BCUT2D eigenvalue weighted by atomic mass is 32.2. The summed E-state index contributed by atoms with van der Waals surface area (Å²) >= 11 is 1.70. The van der Waals surface area contributed by atoms with Crippen molar-refractivity contribution in [3.63, 3.8) is 0 Å². The average Bonchev–Trinajstić information content (AvgIpc) is 3.32. The van der Waals surface area contributed by atoms with E-state index < -0.39 is 6.36 Å². The Bertz CT molecular complexity index is 1440. The number of alkyl halides is 3. The standard InChI is InChI=1S/C30H31F3N6OS/c1-4-20(2)26-7-5-6-8-27(26)39-21(3)18-41-29(39)38-37-17-22-9-11-23(12-10-22)28(34)36-19-35-24-13-15-25(16-14-24)40-30(31,32)33/h5-17,19-21H,4,18H2,1-3H3,(H2,34,35,36)/b37-17+,38-29-. The molecule has 41 heavy (non-hydrogen) atoms. The molecule has 1 saturated heterocycles. The maximum atomic E-state index is 12.3. The van der Waals surface area contributed by atoms with Crippen LogP contribution in [0.1, 0.15) is 49.8 Å². The van der Waals surface area contributed by atoms with Gasteiger partial charge in [0, 0.05) is 23.0 Å². The fraction of sp³-hybridized carbons (Fsp3) is 0.267. The van der Waals surface area contributed by atoms with Crippen LogP contribution in [0.15, 0.2) is 93.0 Å². The van der Waals surface area contributed by atoms with Crippen LogP contribution >= 0.6 is 11.8 Å². The first-order valence-corrected chi connectivity index (χ1v) is 14.1. The first-order chi connectivity index (χ1) is 19.6. The molecule has 0 bridgehead atoms. The molecular formula is C30H31F3N6OS. The summed E-state index contributed by atoms with van der Waals surface area (Å²) in [5.74, 6) is 1.30. The SMILES string of the molecule is CCC(C)c1ccccc1N1/C(=N/N=C/c2ccc(C(N)=NC=Nc3ccc(OC(F)(F)F)cc3)cc2)SCC1C. The van der Waals surface area contributed by atoms with E-state index in [1.165, 1.54) is 41.9 Å². The van der Waals surface area contributed by atoms with E-state index in [0.717, 1.165) is 22.9 Å². The van der Waals surface area contributed by atoms with Gasteiger partial charge in [-0.05, 0) is 60.7 Å². The molecular weight excluding hydrogens is 549 g/mol. The molecule has 0 amide bonds. The van der Waals surface area contributed by atoms with Gasteiger partial charge in [0.25, 0.3) is 0 Å². The number of amidine groups is 2. The molecule has 1 fully saturated rings. The predicted molar refractivity (Wildman–Crippen MR) is 163 cm³/mol. The smallest absolute Gasteiger partial charge is 0.406 e. The Labute approximate surface area is 241 Å². The van der Waals surface area contributed by atoms with Crippen LogP contribution in [0.4, 0.5) is 24.5 Å². The monoisotopic (exact) mass is 580 g/mol. The molecule has 0 saturated carbocycles. The number of halogens is 3. The van der Waals surface area contributed by atoms with Gasteiger partial charge in [-0.15, -0.1) is 18.3 Å². The zero-order valence-electron chi connectivity index (χ0n) is 22.9. The molecule has 4 rings (SSSR count). The maximum absolute atomic E-state index is 12.3. The summed E-state index contributed by atoms with van der Waals surface area (Å²) < 4.78 is 40.7. The van der Waals surface area contributed by atoms with Crippen LogP contribution in [0.25, 0.3) is 0 Å². The van der Waals surface area contributed by atoms with Gasteiger partial charge in [0.2, 0.25) is 0 Å². The summed E-state index contributed by atoms with van der Waals surface area (Å²) in [5.41, 5.74) is 10.5. The molecule has 0 spiro atoms. The van der Waals surface area contributed by atoms with Crippen molar-refractivity contribution in [2.45, 2.75) is 45.5 Å². The zero-order chi connectivity index (χ0) is 29.4. The maximum Gasteiger partial charge on any atom is 0.573 e. The van der Waals surface area contributed by atoms with Gasteiger partial charge in [0.15, 0.2) is 5.17 Å². The van der Waals surface area contributed by atoms with Crippen LogP contribution in [0.3, 0.4) is 0 Å². The molecule has 1 aliphatic rings. The van der Waals surface area contributed by atoms with E-state index in [1.807, 2.05) is 24.3 Å². The fourth-order valence-corrected chi connectivity index (χ4v) is 5.20. The average molecular weight is 581 g/mol. The summed E-state index contributed by atoms with van der Waals surface area (Å²) in [6.07, 6.45) is -0.744. The molecule has 11 heteroatoms. The number of thioether (sulfide) groups is 1. The minimum atomic E-state index is -4.74. The van der Waals surface area contributed by atoms with E-state index in [1.54, 1.807) is 18.0 Å². The number of nitrogens with two attached hydrogens (primary N) is 1. The molecule has 2 unspecified atom stereocenters. The quantitative estimate of drug-likeness (QED) is 0.161. The van der Waals surface area contributed by atoms with Gasteiger partial charge in [0.05, 0.1) is 11.9 Å². The second-order valence-corrected chi connectivity index (χ2v) is 10.4. The molecule has 0 radical (unpaired) electrons. The number of nitrogens with zero attached hydrogens (tertiary/aromatic N) is 5. The van der Waals surface area contributed by atoms with E-state index in [9.17, 15) is 13.2 Å². The molecule has 3 aromatic rings. The van der Waals surface area contributed by atoms with Crippen molar-refractivity contribution in [1.82, 2.24) is 0 Å². The normalized spacial score (nSPS) is 18.1. The predicted octanol–water partition coefficient (Wildman–Crippen LogP) is 7.50. The van der Waals surface area contributed by atoms with E-state index in [0.29, 0.717) is 23.2 Å². The third kappa shape index (κ3) is 8.20. The number of hydrogen-bond donors (Lipinski definition) is 1. The Morgan fingerprint density at radius 1 is 1.10 bits per heavy atom. The van der Waals surface area contributed by atoms with E-state index in [4.69, 9.17) is 5.73 Å². The van der Waals surface area contributed by atoms with Crippen LogP contribution in [-0.4, -0.2) is 41.7 Å². The van der Waals surface area contributed by atoms with Crippen LogP contribution in [0, 0.1) is 0 Å². The van der Waals surface area contributed by atoms with Gasteiger partial charge >= 0.3 is 6.36 Å². The van der Waals surface area contributed by atoms with Crippen LogP contribution in [0.5, 0.6) is 5.75 Å². The minimum absolute atomic E-state index is 0.237. The lowest BCUT2D eigenvalue weighted by Gasteiger charge is -2.27. The van der Waals surface area contributed by atoms with Gasteiger partial charge < -0.3 is 15.4 Å². The van der Waals surface area contributed by atoms with Gasteiger partial charge in [-0.25, -0.2) is 9.98 Å². The Hall–Kier alpha value is -4.12. The number of para-hydroxylation sites is 1. The highest BCUT2D eigenvalue weighted by Crippen LogP contribution is 2.36. The van der Waals surface area contributed by atoms with Crippen molar-refractivity contribution >= 4 is 46.7 Å². The number of aliphatic imine (C=N–C) groups is 2. The fourth-order valence-electron chi connectivity index (χ4n) is 4.14. The van der Waals surface area contributed by atoms with Crippen LogP contribution < -0.4 is 15.4 Å². The minimum Gasteiger partial charge on any atom is -0.406 e. The van der Waals surface area contributed by atoms with E-state index >= 15 is 0 Å². The number of hydrogen-bond acceptors (Lipinski definition) is 5. The molecule has 2 atom stereocenters. The molecule has 1 aliphatic heterocycles. The van der Waals surface area contributed by atoms with Crippen molar-refractivity contribution in [3.8, 4) is 5.75 Å². The Morgan fingerprint density at radius 3 is 2.49 bits per heavy atom. The lowest BCUT2D eigenvalue weighted by Crippen LogP contribution is -2.32. The summed E-state index contributed by atoms with van der Waals surface area (Å²) in [5, 5.41) is 9.78. The Morgan fingerprint density at radius 2 is 1.80 bits per heavy atom. The van der Waals surface area contributed by atoms with Gasteiger partial charge in [-0.2, -0.15) is 5.10 Å². The largest absolute Gasteiger partial charge is 0.573 e. The molecule has 3 aromatic carbocycles. The second-order valence-electron chi connectivity index (χ2n) is 9.45. The lowest BCUT2D eigenvalue weighted by molar-refractivity contribution is -0.274. The topological polar surface area (TPSA) is 87.9 Å². The molecule has 214 valence electrons. The first kappa shape index (κ1) is 29.9. The number of benzene rings is 3. The van der Waals surface area contributed by atoms with Crippen molar-refractivity contribution < 1.29 is 17.9 Å². The Balaban J connectivity index is 1.40. The van der Waals surface area contributed by atoms with Crippen molar-refractivity contribution in [3.05, 3.63) is 89.5 Å².